The van der Waals surface area contributed by atoms with Gasteiger partial charge in [0.2, 0.25) is 0 Å². The third-order valence-corrected chi connectivity index (χ3v) is 4.23. The molecule has 1 aromatic heterocycles. The smallest absolute Gasteiger partial charge is 0.129 e. The van der Waals surface area contributed by atoms with Crippen LogP contribution < -0.4 is 5.32 Å². The summed E-state index contributed by atoms with van der Waals surface area (Å²) in [5, 5.41) is 22.4. The van der Waals surface area contributed by atoms with E-state index in [1.807, 2.05) is 6.07 Å². The summed E-state index contributed by atoms with van der Waals surface area (Å²) in [6.45, 7) is 3.56. The maximum absolute atomic E-state index is 10.2. The van der Waals surface area contributed by atoms with Crippen LogP contribution in [0.5, 0.6) is 0 Å². The topological polar surface area (TPSA) is 68.9 Å². The zero-order valence-corrected chi connectivity index (χ0v) is 13.2. The number of nitrogens with zero attached hydrogens (tertiary/aromatic N) is 1. The van der Waals surface area contributed by atoms with Gasteiger partial charge in [-0.05, 0) is 29.7 Å². The molecular weight excluding hydrogens is 292 g/mol. The third kappa shape index (κ3) is 4.42. The van der Waals surface area contributed by atoms with Gasteiger partial charge in [-0.1, -0.05) is 24.3 Å². The summed E-state index contributed by atoms with van der Waals surface area (Å²) in [7, 11) is 0. The van der Waals surface area contributed by atoms with E-state index in [9.17, 15) is 5.11 Å². The van der Waals surface area contributed by atoms with Crippen LogP contribution in [0.1, 0.15) is 22.6 Å². The van der Waals surface area contributed by atoms with Crippen LogP contribution in [-0.4, -0.2) is 40.9 Å². The Balaban J connectivity index is 1.40. The van der Waals surface area contributed by atoms with E-state index in [2.05, 4.69) is 34.5 Å². The van der Waals surface area contributed by atoms with Crippen LogP contribution in [0, 0.1) is 0 Å². The van der Waals surface area contributed by atoms with Crippen LogP contribution in [0.15, 0.2) is 40.8 Å². The summed E-state index contributed by atoms with van der Waals surface area (Å²) in [5.74, 6) is 1.34. The maximum atomic E-state index is 10.2. The molecule has 3 N–H and O–H groups in total. The van der Waals surface area contributed by atoms with E-state index in [1.54, 1.807) is 6.07 Å². The molecule has 0 saturated carbocycles. The molecule has 1 atom stereocenters. The molecule has 5 nitrogen and oxygen atoms in total. The molecule has 1 aromatic carbocycles. The largest absolute Gasteiger partial charge is 0.462 e. The molecule has 1 aliphatic rings. The Morgan fingerprint density at radius 3 is 2.70 bits per heavy atom. The molecule has 0 saturated heterocycles. The van der Waals surface area contributed by atoms with Gasteiger partial charge in [0.25, 0.3) is 0 Å². The molecule has 1 aliphatic heterocycles. The van der Waals surface area contributed by atoms with Crippen molar-refractivity contribution in [3.63, 3.8) is 0 Å². The van der Waals surface area contributed by atoms with Gasteiger partial charge in [-0.25, -0.2) is 0 Å². The summed E-state index contributed by atoms with van der Waals surface area (Å²) < 4.78 is 5.40. The van der Waals surface area contributed by atoms with Gasteiger partial charge >= 0.3 is 0 Å². The van der Waals surface area contributed by atoms with Crippen molar-refractivity contribution < 1.29 is 14.6 Å². The van der Waals surface area contributed by atoms with Crippen molar-refractivity contribution in [1.82, 2.24) is 10.2 Å². The molecule has 0 bridgehead atoms. The molecule has 3 rings (SSSR count). The van der Waals surface area contributed by atoms with E-state index in [-0.39, 0.29) is 6.61 Å². The second-order valence-corrected chi connectivity index (χ2v) is 6.06. The Kier molecular flexibility index (Phi) is 5.46. The molecule has 0 aliphatic carbocycles. The normalized spacial score (nSPS) is 16.3. The first-order valence-electron chi connectivity index (χ1n) is 8.11. The SMILES string of the molecule is OCc1ccc(CNCC(O)CN2CCc3ccccc3C2)o1. The number of β-amino-alcohol motifs (C(OH)–C–C–N with tert-alkyl or cyclic N) is 1. The van der Waals surface area contributed by atoms with Gasteiger partial charge in [-0.15, -0.1) is 0 Å². The first-order valence-corrected chi connectivity index (χ1v) is 8.11. The number of rotatable bonds is 7. The lowest BCUT2D eigenvalue weighted by Crippen LogP contribution is -2.40. The number of fused-ring (bicyclic) bond motifs is 1. The molecule has 0 spiro atoms. The quantitative estimate of drug-likeness (QED) is 0.718. The van der Waals surface area contributed by atoms with Crippen molar-refractivity contribution in [3.05, 3.63) is 59.0 Å². The van der Waals surface area contributed by atoms with Gasteiger partial charge in [-0.2, -0.15) is 0 Å². The molecule has 0 radical (unpaired) electrons. The van der Waals surface area contributed by atoms with Crippen molar-refractivity contribution in [3.8, 4) is 0 Å². The van der Waals surface area contributed by atoms with E-state index in [0.717, 1.165) is 25.3 Å². The maximum Gasteiger partial charge on any atom is 0.129 e. The van der Waals surface area contributed by atoms with E-state index >= 15 is 0 Å². The Hall–Kier alpha value is -1.66. The number of benzene rings is 1. The van der Waals surface area contributed by atoms with Crippen molar-refractivity contribution in [2.24, 2.45) is 0 Å². The highest BCUT2D eigenvalue weighted by molar-refractivity contribution is 5.29. The third-order valence-electron chi connectivity index (χ3n) is 4.23. The van der Waals surface area contributed by atoms with Crippen LogP contribution in [0.2, 0.25) is 0 Å². The Morgan fingerprint density at radius 1 is 1.13 bits per heavy atom. The summed E-state index contributed by atoms with van der Waals surface area (Å²) in [4.78, 5) is 2.30. The summed E-state index contributed by atoms with van der Waals surface area (Å²) >= 11 is 0. The summed E-state index contributed by atoms with van der Waals surface area (Å²) in [6.07, 6.45) is 0.639. The number of aliphatic hydroxyl groups is 2. The van der Waals surface area contributed by atoms with Gasteiger partial charge in [0.05, 0.1) is 12.6 Å². The summed E-state index contributed by atoms with van der Waals surface area (Å²) in [6, 6.07) is 12.1. The fourth-order valence-electron chi connectivity index (χ4n) is 3.04. The number of hydrogen-bond donors (Lipinski definition) is 3. The Bertz CT molecular complexity index is 626. The average Bonchev–Trinajstić information content (AvgIpc) is 3.03. The second kappa shape index (κ2) is 7.75. The van der Waals surface area contributed by atoms with E-state index in [0.29, 0.717) is 25.4 Å². The van der Waals surface area contributed by atoms with Gasteiger partial charge in [0, 0.05) is 26.2 Å². The molecule has 23 heavy (non-hydrogen) atoms. The monoisotopic (exact) mass is 316 g/mol. The Morgan fingerprint density at radius 2 is 1.91 bits per heavy atom. The predicted octanol–water partition coefficient (Wildman–Crippen LogP) is 1.28. The van der Waals surface area contributed by atoms with Crippen LogP contribution in [0.4, 0.5) is 0 Å². The van der Waals surface area contributed by atoms with E-state index in [4.69, 9.17) is 9.52 Å². The first kappa shape index (κ1) is 16.2. The van der Waals surface area contributed by atoms with Crippen LogP contribution in [0.3, 0.4) is 0 Å². The van der Waals surface area contributed by atoms with Gasteiger partial charge in [-0.3, -0.25) is 4.90 Å². The minimum absolute atomic E-state index is 0.0843. The molecule has 0 amide bonds. The highest BCUT2D eigenvalue weighted by atomic mass is 16.4. The number of nitrogens with one attached hydrogen (secondary N) is 1. The minimum Gasteiger partial charge on any atom is -0.462 e. The Labute approximate surface area is 136 Å². The fraction of sp³-hybridized carbons (Fsp3) is 0.444. The minimum atomic E-state index is -0.410. The van der Waals surface area contributed by atoms with Crippen molar-refractivity contribution in [2.75, 3.05) is 19.6 Å². The zero-order valence-electron chi connectivity index (χ0n) is 13.2. The lowest BCUT2D eigenvalue weighted by molar-refractivity contribution is 0.104. The molecule has 5 heteroatoms. The highest BCUT2D eigenvalue weighted by Crippen LogP contribution is 2.18. The van der Waals surface area contributed by atoms with Gasteiger partial charge < -0.3 is 19.9 Å². The molecule has 0 fully saturated rings. The van der Waals surface area contributed by atoms with Gasteiger partial charge in [0.15, 0.2) is 0 Å². The van der Waals surface area contributed by atoms with Crippen molar-refractivity contribution >= 4 is 0 Å². The summed E-state index contributed by atoms with van der Waals surface area (Å²) in [5.41, 5.74) is 2.79. The number of hydrogen-bond acceptors (Lipinski definition) is 5. The molecule has 2 heterocycles. The standard InChI is InChI=1S/C18H24N2O3/c21-13-18-6-5-17(23-18)10-19-9-16(22)12-20-8-7-14-3-1-2-4-15(14)11-20/h1-6,16,19,21-22H,7-13H2. The fourth-order valence-corrected chi connectivity index (χ4v) is 3.04. The first-order chi connectivity index (χ1) is 11.2. The van der Waals surface area contributed by atoms with Crippen LogP contribution in [-0.2, 0) is 26.1 Å². The molecule has 124 valence electrons. The van der Waals surface area contributed by atoms with Gasteiger partial charge in [0.1, 0.15) is 18.1 Å². The second-order valence-electron chi connectivity index (χ2n) is 6.06. The highest BCUT2D eigenvalue weighted by Gasteiger charge is 2.18. The number of furan rings is 1. The molecule has 1 unspecified atom stereocenters. The molecular formula is C18H24N2O3. The van der Waals surface area contributed by atoms with E-state index < -0.39 is 6.10 Å². The van der Waals surface area contributed by atoms with Crippen molar-refractivity contribution in [1.29, 1.82) is 0 Å². The number of aliphatic hydroxyl groups excluding tert-OH is 2. The van der Waals surface area contributed by atoms with E-state index in [1.165, 1.54) is 11.1 Å². The zero-order chi connectivity index (χ0) is 16.1. The predicted molar refractivity (Wildman–Crippen MR) is 87.8 cm³/mol. The van der Waals surface area contributed by atoms with Crippen LogP contribution >= 0.6 is 0 Å². The lowest BCUT2D eigenvalue weighted by atomic mass is 10.00. The van der Waals surface area contributed by atoms with Crippen LogP contribution in [0.25, 0.3) is 0 Å². The molecule has 2 aromatic rings. The van der Waals surface area contributed by atoms with Crippen molar-refractivity contribution in [2.45, 2.75) is 32.2 Å². The average molecular weight is 316 g/mol. The lowest BCUT2D eigenvalue weighted by Gasteiger charge is -2.30.